The molecule has 8 heteroatoms. The molecule has 1 aromatic rings. The van der Waals surface area contributed by atoms with E-state index in [2.05, 4.69) is 16.0 Å². The lowest BCUT2D eigenvalue weighted by Crippen LogP contribution is -2.68. The van der Waals surface area contributed by atoms with Gasteiger partial charge < -0.3 is 19.4 Å². The molecule has 0 saturated carbocycles. The van der Waals surface area contributed by atoms with Crippen molar-refractivity contribution in [2.24, 2.45) is 11.8 Å². The summed E-state index contributed by atoms with van der Waals surface area (Å²) in [4.78, 5) is 37.3. The van der Waals surface area contributed by atoms with E-state index in [1.165, 1.54) is 0 Å². The number of ether oxygens (including phenoxy) is 1. The van der Waals surface area contributed by atoms with Crippen molar-refractivity contribution < 1.29 is 14.3 Å². The molecule has 4 fully saturated rings. The second-order valence-electron chi connectivity index (χ2n) is 9.14. The summed E-state index contributed by atoms with van der Waals surface area (Å²) in [6, 6.07) is 5.49. The van der Waals surface area contributed by atoms with Crippen LogP contribution >= 0.6 is 0 Å². The average molecular weight is 424 g/mol. The highest BCUT2D eigenvalue weighted by Gasteiger charge is 2.53. The van der Waals surface area contributed by atoms with Crippen molar-refractivity contribution in [1.29, 1.82) is 5.26 Å². The summed E-state index contributed by atoms with van der Waals surface area (Å²) < 4.78 is 5.55. The first-order valence-electron chi connectivity index (χ1n) is 11.4. The van der Waals surface area contributed by atoms with Crippen LogP contribution in [0.5, 0.6) is 0 Å². The molecule has 4 aliphatic heterocycles. The summed E-state index contributed by atoms with van der Waals surface area (Å²) in [6.45, 7) is 3.90. The largest absolute Gasteiger partial charge is 0.380 e. The van der Waals surface area contributed by atoms with E-state index in [0.29, 0.717) is 56.6 Å². The quantitative estimate of drug-likeness (QED) is 0.715. The second-order valence-corrected chi connectivity index (χ2v) is 9.14. The number of piperidine rings is 3. The maximum atomic E-state index is 13.8. The first-order chi connectivity index (χ1) is 15.2. The number of carbonyl (C=O) groups excluding carboxylic acids is 2. The van der Waals surface area contributed by atoms with Crippen molar-refractivity contribution in [2.45, 2.75) is 44.2 Å². The van der Waals surface area contributed by atoms with E-state index in [0.717, 1.165) is 32.2 Å². The predicted octanol–water partition coefficient (Wildman–Crippen LogP) is 1.41. The van der Waals surface area contributed by atoms with Crippen LogP contribution in [0.15, 0.2) is 18.3 Å². The molecule has 0 N–H and O–H groups in total. The number of carbonyl (C=O) groups is 2. The van der Waals surface area contributed by atoms with Gasteiger partial charge in [0.05, 0.1) is 12.2 Å². The Hall–Kier alpha value is -2.66. The molecule has 4 atom stereocenters. The molecular weight excluding hydrogens is 394 g/mol. The van der Waals surface area contributed by atoms with Gasteiger partial charge in [0.1, 0.15) is 17.9 Å². The Morgan fingerprint density at radius 3 is 2.94 bits per heavy atom. The minimum Gasteiger partial charge on any atom is -0.380 e. The number of pyridine rings is 1. The van der Waals surface area contributed by atoms with Gasteiger partial charge in [0.25, 0.3) is 0 Å². The van der Waals surface area contributed by atoms with E-state index in [1.807, 2.05) is 9.80 Å². The highest BCUT2D eigenvalue weighted by Crippen LogP contribution is 2.43. The molecule has 5 heterocycles. The van der Waals surface area contributed by atoms with Gasteiger partial charge >= 0.3 is 0 Å². The first-order valence-corrected chi connectivity index (χ1v) is 11.4. The molecule has 2 bridgehead atoms. The van der Waals surface area contributed by atoms with Crippen LogP contribution in [-0.4, -0.2) is 78.1 Å². The zero-order valence-corrected chi connectivity index (χ0v) is 17.8. The molecule has 4 aliphatic rings. The molecule has 8 nitrogen and oxygen atoms in total. The van der Waals surface area contributed by atoms with Gasteiger partial charge in [0, 0.05) is 57.4 Å². The summed E-state index contributed by atoms with van der Waals surface area (Å²) in [5.41, 5.74) is 0.562. The smallest absolute Gasteiger partial charge is 0.245 e. The van der Waals surface area contributed by atoms with Gasteiger partial charge in [-0.25, -0.2) is 4.98 Å². The lowest BCUT2D eigenvalue weighted by atomic mass is 9.71. The fourth-order valence-electron chi connectivity index (χ4n) is 6.04. The minimum atomic E-state index is -0.427. The van der Waals surface area contributed by atoms with Crippen LogP contribution in [0.4, 0.5) is 5.82 Å². The number of fused-ring (bicyclic) bond motifs is 4. The number of aromatic nitrogens is 1. The van der Waals surface area contributed by atoms with Crippen molar-refractivity contribution in [2.75, 3.05) is 44.3 Å². The molecule has 31 heavy (non-hydrogen) atoms. The van der Waals surface area contributed by atoms with Gasteiger partial charge in [-0.15, -0.1) is 0 Å². The maximum absolute atomic E-state index is 13.8. The van der Waals surface area contributed by atoms with Crippen LogP contribution in [-0.2, 0) is 14.3 Å². The average Bonchev–Trinajstić information content (AvgIpc) is 3.09. The third-order valence-electron chi connectivity index (χ3n) is 7.34. The van der Waals surface area contributed by atoms with E-state index in [1.54, 1.807) is 18.3 Å². The van der Waals surface area contributed by atoms with Crippen molar-refractivity contribution in [3.05, 3.63) is 23.9 Å². The van der Waals surface area contributed by atoms with Crippen molar-refractivity contribution >= 4 is 17.6 Å². The normalized spacial score (nSPS) is 30.9. The van der Waals surface area contributed by atoms with Gasteiger partial charge in [-0.1, -0.05) is 0 Å². The number of hydrogen-bond acceptors (Lipinski definition) is 6. The zero-order valence-electron chi connectivity index (χ0n) is 17.8. The van der Waals surface area contributed by atoms with E-state index in [4.69, 9.17) is 4.74 Å². The van der Waals surface area contributed by atoms with Gasteiger partial charge in [0.2, 0.25) is 11.8 Å². The molecule has 5 rings (SSSR count). The van der Waals surface area contributed by atoms with Gasteiger partial charge in [-0.2, -0.15) is 5.26 Å². The third kappa shape index (κ3) is 3.65. The number of hydrogen-bond donors (Lipinski definition) is 0. The SMILES string of the molecule is N#Cc1cccnc1N1C[C@@H]2C[C@H](C1)[C@H](C(=O)N1CCCOCC1)N1C(=O)CCC[C@@H]21. The number of rotatable bonds is 2. The summed E-state index contributed by atoms with van der Waals surface area (Å²) >= 11 is 0. The number of anilines is 1. The first kappa shape index (κ1) is 20.3. The standard InChI is InChI=1S/C23H29N5O3/c24-13-16-4-2-7-25-22(16)27-14-17-12-18(15-27)21(28-19(17)5-1-6-20(28)29)23(30)26-8-3-10-31-11-9-26/h2,4,7,17-19,21H,1,3,5-6,8-12,14-15H2/t17-,18+,19-,21+/m0/s1. The zero-order chi connectivity index (χ0) is 21.4. The van der Waals surface area contributed by atoms with E-state index in [-0.39, 0.29) is 23.8 Å². The Balaban J connectivity index is 1.48. The molecule has 0 aliphatic carbocycles. The molecule has 0 radical (unpaired) electrons. The fraction of sp³-hybridized carbons (Fsp3) is 0.652. The Morgan fingerprint density at radius 2 is 2.06 bits per heavy atom. The van der Waals surface area contributed by atoms with Crippen LogP contribution in [0, 0.1) is 23.2 Å². The predicted molar refractivity (Wildman–Crippen MR) is 113 cm³/mol. The lowest BCUT2D eigenvalue weighted by Gasteiger charge is -2.56. The van der Waals surface area contributed by atoms with Crippen LogP contribution in [0.1, 0.15) is 37.7 Å². The van der Waals surface area contributed by atoms with E-state index < -0.39 is 6.04 Å². The molecule has 2 amide bonds. The van der Waals surface area contributed by atoms with Crippen LogP contribution in [0.2, 0.25) is 0 Å². The number of nitriles is 1. The highest BCUT2D eigenvalue weighted by molar-refractivity contribution is 5.89. The summed E-state index contributed by atoms with van der Waals surface area (Å²) in [7, 11) is 0. The number of nitrogens with zero attached hydrogens (tertiary/aromatic N) is 5. The molecule has 0 aromatic carbocycles. The Bertz CT molecular complexity index is 891. The Morgan fingerprint density at radius 1 is 1.19 bits per heavy atom. The molecule has 0 spiro atoms. The Kier molecular flexibility index (Phi) is 5.53. The third-order valence-corrected chi connectivity index (χ3v) is 7.34. The van der Waals surface area contributed by atoms with Crippen molar-refractivity contribution in [3.63, 3.8) is 0 Å². The summed E-state index contributed by atoms with van der Waals surface area (Å²) in [5.74, 6) is 1.23. The lowest BCUT2D eigenvalue weighted by molar-refractivity contribution is -0.161. The molecule has 164 valence electrons. The molecule has 1 aromatic heterocycles. The highest BCUT2D eigenvalue weighted by atomic mass is 16.5. The van der Waals surface area contributed by atoms with Gasteiger partial charge in [-0.05, 0) is 43.7 Å². The topological polar surface area (TPSA) is 89.8 Å². The van der Waals surface area contributed by atoms with Crippen LogP contribution in [0.3, 0.4) is 0 Å². The number of amides is 2. The van der Waals surface area contributed by atoms with Crippen molar-refractivity contribution in [1.82, 2.24) is 14.8 Å². The van der Waals surface area contributed by atoms with Gasteiger partial charge in [-0.3, -0.25) is 9.59 Å². The van der Waals surface area contributed by atoms with Crippen LogP contribution in [0.25, 0.3) is 0 Å². The summed E-state index contributed by atoms with van der Waals surface area (Å²) in [6.07, 6.45) is 5.85. The van der Waals surface area contributed by atoms with E-state index in [9.17, 15) is 14.9 Å². The van der Waals surface area contributed by atoms with Gasteiger partial charge in [0.15, 0.2) is 0 Å². The maximum Gasteiger partial charge on any atom is 0.245 e. The Labute approximate surface area is 182 Å². The van der Waals surface area contributed by atoms with Crippen LogP contribution < -0.4 is 4.90 Å². The second kappa shape index (κ2) is 8.46. The van der Waals surface area contributed by atoms with E-state index >= 15 is 0 Å². The monoisotopic (exact) mass is 423 g/mol. The molecular formula is C23H29N5O3. The van der Waals surface area contributed by atoms with Crippen molar-refractivity contribution in [3.8, 4) is 6.07 Å². The molecule has 4 saturated heterocycles. The molecule has 0 unspecified atom stereocenters. The fourth-order valence-corrected chi connectivity index (χ4v) is 6.04. The summed E-state index contributed by atoms with van der Waals surface area (Å²) in [5, 5.41) is 9.57. The minimum absolute atomic E-state index is 0.0438.